The van der Waals surface area contributed by atoms with Crippen LogP contribution in [0.2, 0.25) is 0 Å². The van der Waals surface area contributed by atoms with Gasteiger partial charge in [-0.05, 0) is 62.9 Å². The molecule has 0 saturated heterocycles. The minimum absolute atomic E-state index is 0.163. The second-order valence-corrected chi connectivity index (χ2v) is 6.92. The number of hydrogen-bond acceptors (Lipinski definition) is 2. The summed E-state index contributed by atoms with van der Waals surface area (Å²) in [4.78, 5) is 2.54. The van der Waals surface area contributed by atoms with E-state index in [2.05, 4.69) is 65.5 Å². The Balaban J connectivity index is 3.06. The lowest BCUT2D eigenvalue weighted by Gasteiger charge is -2.36. The molecule has 0 fully saturated rings. The van der Waals surface area contributed by atoms with E-state index in [9.17, 15) is 0 Å². The maximum atomic E-state index is 5.90. The van der Waals surface area contributed by atoms with E-state index < -0.39 is 0 Å². The summed E-state index contributed by atoms with van der Waals surface area (Å²) in [6.45, 7) is 18.5. The maximum Gasteiger partial charge on any atom is 0.0325 e. The lowest BCUT2D eigenvalue weighted by atomic mass is 9.89. The third-order valence-electron chi connectivity index (χ3n) is 4.29. The molecule has 0 bridgehead atoms. The van der Waals surface area contributed by atoms with Gasteiger partial charge in [-0.2, -0.15) is 0 Å². The van der Waals surface area contributed by atoms with Crippen LogP contribution >= 0.6 is 0 Å². The number of nitrogens with two attached hydrogens (primary N) is 1. The smallest absolute Gasteiger partial charge is 0.0325 e. The van der Waals surface area contributed by atoms with Gasteiger partial charge in [0.25, 0.3) is 0 Å². The second kappa shape index (κ2) is 6.73. The summed E-state index contributed by atoms with van der Waals surface area (Å²) in [5, 5.41) is 0. The van der Waals surface area contributed by atoms with Crippen molar-refractivity contribution in [3.05, 3.63) is 34.4 Å². The summed E-state index contributed by atoms with van der Waals surface area (Å²) in [6.07, 6.45) is 0. The molecule has 0 heterocycles. The van der Waals surface area contributed by atoms with Gasteiger partial charge in [-0.3, -0.25) is 4.90 Å². The van der Waals surface area contributed by atoms with E-state index in [4.69, 9.17) is 5.73 Å². The van der Waals surface area contributed by atoms with Crippen molar-refractivity contribution in [3.8, 4) is 0 Å². The Bertz CT molecular complexity index is 426. The van der Waals surface area contributed by atoms with Crippen LogP contribution in [-0.4, -0.2) is 24.5 Å². The molecule has 0 aliphatic heterocycles. The van der Waals surface area contributed by atoms with Crippen molar-refractivity contribution in [3.63, 3.8) is 0 Å². The molecule has 0 aliphatic carbocycles. The van der Waals surface area contributed by atoms with Crippen LogP contribution in [0.15, 0.2) is 12.1 Å². The molecule has 0 amide bonds. The van der Waals surface area contributed by atoms with E-state index in [1.807, 2.05) is 0 Å². The maximum absolute atomic E-state index is 5.90. The Morgan fingerprint density at radius 3 is 2.05 bits per heavy atom. The zero-order valence-electron chi connectivity index (χ0n) is 14.4. The van der Waals surface area contributed by atoms with Crippen LogP contribution in [0.5, 0.6) is 0 Å². The Kier molecular flexibility index (Phi) is 5.79. The highest BCUT2D eigenvalue weighted by atomic mass is 15.2. The fourth-order valence-corrected chi connectivity index (χ4v) is 3.17. The van der Waals surface area contributed by atoms with Crippen LogP contribution in [0.25, 0.3) is 0 Å². The van der Waals surface area contributed by atoms with Gasteiger partial charge in [0, 0.05) is 12.6 Å². The minimum Gasteiger partial charge on any atom is -0.330 e. The number of benzene rings is 1. The first kappa shape index (κ1) is 17.2. The van der Waals surface area contributed by atoms with Gasteiger partial charge in [-0.25, -0.2) is 0 Å². The predicted molar refractivity (Wildman–Crippen MR) is 89.2 cm³/mol. The average Bonchev–Trinajstić information content (AvgIpc) is 2.34. The fourth-order valence-electron chi connectivity index (χ4n) is 3.17. The van der Waals surface area contributed by atoms with E-state index in [1.54, 1.807) is 0 Å². The van der Waals surface area contributed by atoms with Crippen LogP contribution in [0, 0.1) is 26.2 Å². The molecular formula is C18H32N2. The van der Waals surface area contributed by atoms with Gasteiger partial charge in [0.1, 0.15) is 0 Å². The highest BCUT2D eigenvalue weighted by Crippen LogP contribution is 2.30. The largest absolute Gasteiger partial charge is 0.330 e. The van der Waals surface area contributed by atoms with Crippen LogP contribution < -0.4 is 5.73 Å². The molecule has 1 aromatic carbocycles. The van der Waals surface area contributed by atoms with E-state index in [0.717, 1.165) is 19.6 Å². The molecule has 1 aromatic rings. The molecule has 0 saturated carbocycles. The zero-order valence-corrected chi connectivity index (χ0v) is 14.4. The molecule has 1 atom stereocenters. The topological polar surface area (TPSA) is 29.3 Å². The van der Waals surface area contributed by atoms with Gasteiger partial charge >= 0.3 is 0 Å². The minimum atomic E-state index is 0.163. The number of hydrogen-bond donors (Lipinski definition) is 1. The Morgan fingerprint density at radius 1 is 1.15 bits per heavy atom. The molecule has 1 unspecified atom stereocenters. The Labute approximate surface area is 125 Å². The third-order valence-corrected chi connectivity index (χ3v) is 4.29. The van der Waals surface area contributed by atoms with Gasteiger partial charge in [0.05, 0.1) is 0 Å². The van der Waals surface area contributed by atoms with Crippen LogP contribution in [-0.2, 0) is 0 Å². The second-order valence-electron chi connectivity index (χ2n) is 6.92. The Hall–Kier alpha value is -0.860. The summed E-state index contributed by atoms with van der Waals surface area (Å²) in [5.74, 6) is 0. The number of nitrogens with zero attached hydrogens (tertiary/aromatic N) is 1. The summed E-state index contributed by atoms with van der Waals surface area (Å²) < 4.78 is 0. The van der Waals surface area contributed by atoms with Gasteiger partial charge in [-0.15, -0.1) is 0 Å². The number of aryl methyl sites for hydroxylation is 3. The van der Waals surface area contributed by atoms with Crippen LogP contribution in [0.3, 0.4) is 0 Å². The van der Waals surface area contributed by atoms with E-state index in [0.29, 0.717) is 6.04 Å². The van der Waals surface area contributed by atoms with Gasteiger partial charge < -0.3 is 5.73 Å². The van der Waals surface area contributed by atoms with Crippen molar-refractivity contribution in [1.82, 2.24) is 4.90 Å². The molecule has 2 nitrogen and oxygen atoms in total. The molecule has 0 aliphatic rings. The van der Waals surface area contributed by atoms with E-state index in [1.165, 1.54) is 22.3 Å². The lowest BCUT2D eigenvalue weighted by molar-refractivity contribution is 0.147. The first-order chi connectivity index (χ1) is 9.21. The van der Waals surface area contributed by atoms with E-state index in [-0.39, 0.29) is 5.41 Å². The number of rotatable bonds is 6. The SMILES string of the molecule is CCN(CC(C)(C)CN)C(C)c1c(C)cc(C)cc1C. The first-order valence-corrected chi connectivity index (χ1v) is 7.73. The average molecular weight is 276 g/mol. The Morgan fingerprint density at radius 2 is 1.65 bits per heavy atom. The van der Waals surface area contributed by atoms with Crippen molar-refractivity contribution in [1.29, 1.82) is 0 Å². The normalized spacial score (nSPS) is 13.8. The standard InChI is InChI=1S/C18H32N2/c1-8-20(12-18(6,7)11-19)16(5)17-14(3)9-13(2)10-15(17)4/h9-10,16H,8,11-12,19H2,1-7H3. The summed E-state index contributed by atoms with van der Waals surface area (Å²) in [7, 11) is 0. The fraction of sp³-hybridized carbons (Fsp3) is 0.667. The third kappa shape index (κ3) is 4.07. The molecule has 2 heteroatoms. The van der Waals surface area contributed by atoms with Crippen molar-refractivity contribution in [2.75, 3.05) is 19.6 Å². The van der Waals surface area contributed by atoms with Crippen molar-refractivity contribution >= 4 is 0 Å². The molecule has 114 valence electrons. The monoisotopic (exact) mass is 276 g/mol. The van der Waals surface area contributed by atoms with Gasteiger partial charge in [0.15, 0.2) is 0 Å². The van der Waals surface area contributed by atoms with Crippen molar-refractivity contribution in [2.45, 2.75) is 54.5 Å². The zero-order chi connectivity index (χ0) is 15.5. The molecule has 0 radical (unpaired) electrons. The van der Waals surface area contributed by atoms with Gasteiger partial charge in [-0.1, -0.05) is 38.5 Å². The molecular weight excluding hydrogens is 244 g/mol. The molecule has 1 rings (SSSR count). The first-order valence-electron chi connectivity index (χ1n) is 7.73. The summed E-state index contributed by atoms with van der Waals surface area (Å²) in [5.41, 5.74) is 11.7. The van der Waals surface area contributed by atoms with Crippen molar-refractivity contribution < 1.29 is 0 Å². The molecule has 0 aromatic heterocycles. The lowest BCUT2D eigenvalue weighted by Crippen LogP contribution is -2.40. The van der Waals surface area contributed by atoms with E-state index >= 15 is 0 Å². The quantitative estimate of drug-likeness (QED) is 0.851. The highest BCUT2D eigenvalue weighted by molar-refractivity contribution is 5.39. The molecule has 20 heavy (non-hydrogen) atoms. The van der Waals surface area contributed by atoms with Crippen molar-refractivity contribution in [2.24, 2.45) is 11.1 Å². The van der Waals surface area contributed by atoms with Crippen LogP contribution in [0.4, 0.5) is 0 Å². The van der Waals surface area contributed by atoms with Gasteiger partial charge in [0.2, 0.25) is 0 Å². The van der Waals surface area contributed by atoms with Crippen LogP contribution in [0.1, 0.15) is 56.0 Å². The summed E-state index contributed by atoms with van der Waals surface area (Å²) >= 11 is 0. The summed E-state index contributed by atoms with van der Waals surface area (Å²) in [6, 6.07) is 5.02. The predicted octanol–water partition coefficient (Wildman–Crippen LogP) is 3.98. The molecule has 2 N–H and O–H groups in total. The molecule has 0 spiro atoms. The highest BCUT2D eigenvalue weighted by Gasteiger charge is 2.24.